The largest absolute Gasteiger partial charge is 0.343 e. The molecular weight excluding hydrogens is 378 g/mol. The number of fused-ring (bicyclic) bond motifs is 1. The quantitative estimate of drug-likeness (QED) is 0.306. The molecule has 168 valence electrons. The summed E-state index contributed by atoms with van der Waals surface area (Å²) < 4.78 is 2.40. The molecule has 0 aliphatic rings. The summed E-state index contributed by atoms with van der Waals surface area (Å²) in [6.45, 7) is 13.4. The molecule has 0 bridgehead atoms. The Kier molecular flexibility index (Phi) is 9.64. The predicted octanol–water partition coefficient (Wildman–Crippen LogP) is 6.38. The average Bonchev–Trinajstić information content (AvgIpc) is 3.12. The summed E-state index contributed by atoms with van der Waals surface area (Å²) in [4.78, 5) is 2.66. The van der Waals surface area contributed by atoms with Crippen LogP contribution in [0.3, 0.4) is 0 Å². The van der Waals surface area contributed by atoms with Crippen LogP contribution in [0, 0.1) is 6.92 Å². The van der Waals surface area contributed by atoms with E-state index in [9.17, 15) is 0 Å². The summed E-state index contributed by atoms with van der Waals surface area (Å²) in [5.74, 6) is 0. The van der Waals surface area contributed by atoms with Gasteiger partial charge in [0.05, 0.1) is 0 Å². The van der Waals surface area contributed by atoms with E-state index in [0.29, 0.717) is 0 Å². The molecule has 3 rings (SSSR count). The smallest absolute Gasteiger partial charge is 0.0486 e. The Morgan fingerprint density at radius 3 is 2.35 bits per heavy atom. The van der Waals surface area contributed by atoms with Crippen molar-refractivity contribution in [2.24, 2.45) is 0 Å². The first-order valence-corrected chi connectivity index (χ1v) is 12.3. The van der Waals surface area contributed by atoms with Crippen molar-refractivity contribution in [1.82, 2.24) is 14.8 Å². The van der Waals surface area contributed by atoms with E-state index in [0.717, 1.165) is 19.6 Å². The first kappa shape index (κ1) is 23.6. The maximum atomic E-state index is 3.71. The normalized spacial score (nSPS) is 11.6. The molecule has 0 unspecified atom stereocenters. The minimum absolute atomic E-state index is 0.923. The summed E-state index contributed by atoms with van der Waals surface area (Å²) in [5.41, 5.74) is 5.41. The van der Waals surface area contributed by atoms with E-state index in [4.69, 9.17) is 0 Å². The number of rotatable bonds is 14. The van der Waals surface area contributed by atoms with E-state index in [-0.39, 0.29) is 0 Å². The Morgan fingerprint density at radius 1 is 0.871 bits per heavy atom. The summed E-state index contributed by atoms with van der Waals surface area (Å²) >= 11 is 0. The van der Waals surface area contributed by atoms with E-state index in [1.54, 1.807) is 0 Å². The number of hydrogen-bond donors (Lipinski definition) is 1. The summed E-state index contributed by atoms with van der Waals surface area (Å²) in [6.07, 6.45) is 8.76. The molecule has 0 spiro atoms. The van der Waals surface area contributed by atoms with Gasteiger partial charge in [-0.15, -0.1) is 0 Å². The van der Waals surface area contributed by atoms with E-state index in [1.807, 2.05) is 0 Å². The van der Waals surface area contributed by atoms with E-state index >= 15 is 0 Å². The molecule has 0 fully saturated rings. The second-order valence-corrected chi connectivity index (χ2v) is 8.87. The van der Waals surface area contributed by atoms with Crippen LogP contribution in [0.15, 0.2) is 54.7 Å². The van der Waals surface area contributed by atoms with Gasteiger partial charge >= 0.3 is 0 Å². The lowest BCUT2D eigenvalue weighted by atomic mass is 10.1. The number of aromatic nitrogens is 1. The van der Waals surface area contributed by atoms with Crippen LogP contribution in [0.5, 0.6) is 0 Å². The van der Waals surface area contributed by atoms with Crippen LogP contribution >= 0.6 is 0 Å². The minimum Gasteiger partial charge on any atom is -0.343 e. The molecule has 0 aliphatic carbocycles. The molecule has 0 aliphatic heterocycles. The highest BCUT2D eigenvalue weighted by molar-refractivity contribution is 5.84. The van der Waals surface area contributed by atoms with Gasteiger partial charge in [-0.25, -0.2) is 0 Å². The summed E-state index contributed by atoms with van der Waals surface area (Å²) in [6, 6.07) is 17.6. The van der Waals surface area contributed by atoms with Crippen molar-refractivity contribution in [3.8, 4) is 0 Å². The van der Waals surface area contributed by atoms with Gasteiger partial charge in [0.15, 0.2) is 0 Å². The molecule has 0 radical (unpaired) electrons. The van der Waals surface area contributed by atoms with E-state index in [1.165, 1.54) is 79.3 Å². The van der Waals surface area contributed by atoms with Crippen molar-refractivity contribution in [3.63, 3.8) is 0 Å². The third-order valence-electron chi connectivity index (χ3n) is 6.11. The minimum atomic E-state index is 0.923. The predicted molar refractivity (Wildman–Crippen MR) is 135 cm³/mol. The topological polar surface area (TPSA) is 20.2 Å². The van der Waals surface area contributed by atoms with Gasteiger partial charge < -0.3 is 14.8 Å². The Labute approximate surface area is 189 Å². The number of benzene rings is 2. The van der Waals surface area contributed by atoms with Crippen LogP contribution in [0.1, 0.15) is 62.6 Å². The van der Waals surface area contributed by atoms with Gasteiger partial charge in [-0.3, -0.25) is 0 Å². The number of unbranched alkanes of at least 4 members (excludes halogenated alkanes) is 2. The van der Waals surface area contributed by atoms with Crippen LogP contribution in [0.2, 0.25) is 0 Å². The lowest BCUT2D eigenvalue weighted by molar-refractivity contribution is 0.261. The number of para-hydroxylation sites is 1. The molecular formula is C28H41N3. The van der Waals surface area contributed by atoms with E-state index < -0.39 is 0 Å². The Morgan fingerprint density at radius 2 is 1.61 bits per heavy atom. The molecule has 31 heavy (non-hydrogen) atoms. The molecule has 0 saturated heterocycles. The van der Waals surface area contributed by atoms with E-state index in [2.05, 4.69) is 90.3 Å². The molecule has 1 heterocycles. The molecule has 0 saturated carbocycles. The van der Waals surface area contributed by atoms with Crippen LogP contribution < -0.4 is 5.32 Å². The maximum absolute atomic E-state index is 3.71. The van der Waals surface area contributed by atoms with Crippen molar-refractivity contribution in [1.29, 1.82) is 0 Å². The lowest BCUT2D eigenvalue weighted by Gasteiger charge is -2.21. The number of hydrogen-bond acceptors (Lipinski definition) is 2. The molecule has 2 aromatic carbocycles. The zero-order valence-electron chi connectivity index (χ0n) is 19.9. The second kappa shape index (κ2) is 12.7. The van der Waals surface area contributed by atoms with Gasteiger partial charge in [0.1, 0.15) is 0 Å². The number of nitrogens with one attached hydrogen (secondary N) is 1. The fourth-order valence-corrected chi connectivity index (χ4v) is 4.35. The maximum Gasteiger partial charge on any atom is 0.0486 e. The highest BCUT2D eigenvalue weighted by atomic mass is 15.1. The van der Waals surface area contributed by atoms with Crippen LogP contribution in [0.25, 0.3) is 10.9 Å². The third kappa shape index (κ3) is 7.22. The summed E-state index contributed by atoms with van der Waals surface area (Å²) in [5, 5.41) is 5.08. The molecule has 3 heteroatoms. The van der Waals surface area contributed by atoms with Crippen LogP contribution in [0.4, 0.5) is 0 Å². The summed E-state index contributed by atoms with van der Waals surface area (Å²) in [7, 11) is 0. The van der Waals surface area contributed by atoms with Crippen molar-refractivity contribution in [2.45, 2.75) is 66.0 Å². The first-order chi connectivity index (χ1) is 15.2. The molecule has 1 aromatic heterocycles. The van der Waals surface area contributed by atoms with Crippen molar-refractivity contribution in [3.05, 3.63) is 71.4 Å². The molecule has 3 nitrogen and oxygen atoms in total. The zero-order chi connectivity index (χ0) is 21.9. The standard InChI is InChI=1S/C28H41N3/c1-4-6-17-30(18-7-5-2)19-11-16-29-21-26-23-31(28-15-9-8-14-27(26)28)22-25-13-10-12-24(3)20-25/h8-10,12-15,20,23,29H,4-7,11,16-19,21-22H2,1-3H3. The fourth-order valence-electron chi connectivity index (χ4n) is 4.35. The molecule has 0 amide bonds. The lowest BCUT2D eigenvalue weighted by Crippen LogP contribution is -2.29. The van der Waals surface area contributed by atoms with Crippen molar-refractivity contribution < 1.29 is 0 Å². The second-order valence-electron chi connectivity index (χ2n) is 8.87. The SMILES string of the molecule is CCCCN(CCCC)CCCNCc1cn(Cc2cccc(C)c2)c2ccccc12. The van der Waals surface area contributed by atoms with Crippen molar-refractivity contribution in [2.75, 3.05) is 26.2 Å². The highest BCUT2D eigenvalue weighted by Gasteiger charge is 2.09. The van der Waals surface area contributed by atoms with Gasteiger partial charge in [0.2, 0.25) is 0 Å². The highest BCUT2D eigenvalue weighted by Crippen LogP contribution is 2.22. The third-order valence-corrected chi connectivity index (χ3v) is 6.11. The zero-order valence-corrected chi connectivity index (χ0v) is 19.9. The molecule has 0 atom stereocenters. The number of aryl methyl sites for hydroxylation is 1. The Bertz CT molecular complexity index is 904. The van der Waals surface area contributed by atoms with Gasteiger partial charge in [-0.05, 0) is 69.6 Å². The average molecular weight is 420 g/mol. The van der Waals surface area contributed by atoms with Gasteiger partial charge in [0, 0.05) is 30.2 Å². The fraction of sp³-hybridized carbons (Fsp3) is 0.500. The van der Waals surface area contributed by atoms with Crippen molar-refractivity contribution >= 4 is 10.9 Å². The molecule has 1 N–H and O–H groups in total. The van der Waals surface area contributed by atoms with Gasteiger partial charge in [-0.1, -0.05) is 74.7 Å². The van der Waals surface area contributed by atoms with Crippen LogP contribution in [-0.2, 0) is 13.1 Å². The monoisotopic (exact) mass is 419 g/mol. The first-order valence-electron chi connectivity index (χ1n) is 12.3. The van der Waals surface area contributed by atoms with Crippen LogP contribution in [-0.4, -0.2) is 35.6 Å². The Hall–Kier alpha value is -2.10. The van der Waals surface area contributed by atoms with Gasteiger partial charge in [-0.2, -0.15) is 0 Å². The van der Waals surface area contributed by atoms with Gasteiger partial charge in [0.25, 0.3) is 0 Å². The Balaban J connectivity index is 1.55. The molecule has 3 aromatic rings. The number of nitrogens with zero attached hydrogens (tertiary/aromatic N) is 2.